The molecular weight excluding hydrogens is 495 g/mol. The van der Waals surface area contributed by atoms with E-state index in [1.807, 2.05) is 0 Å². The largest absolute Gasteiger partial charge is 0.490 e. The first kappa shape index (κ1) is 24.0. The maximum atomic E-state index is 14.2. The highest BCUT2D eigenvalue weighted by Crippen LogP contribution is 2.67. The van der Waals surface area contributed by atoms with Crippen LogP contribution in [0.15, 0.2) is 6.20 Å². The molecule has 20 heteroatoms. The molecule has 3 unspecified atom stereocenters. The van der Waals surface area contributed by atoms with Crippen LogP contribution in [0.2, 0.25) is 0 Å². The van der Waals surface area contributed by atoms with Gasteiger partial charge in [-0.25, -0.2) is 22.5 Å². The third-order valence-corrected chi connectivity index (χ3v) is 7.32. The van der Waals surface area contributed by atoms with Crippen LogP contribution in [0.5, 0.6) is 0 Å². The number of aromatic amines is 1. The van der Waals surface area contributed by atoms with Crippen molar-refractivity contribution in [2.45, 2.75) is 25.1 Å². The van der Waals surface area contributed by atoms with Gasteiger partial charge in [-0.15, -0.1) is 0 Å². The summed E-state index contributed by atoms with van der Waals surface area (Å²) in [4.78, 5) is 37.6. The summed E-state index contributed by atoms with van der Waals surface area (Å²) in [5.41, 5.74) is 0. The zero-order valence-electron chi connectivity index (χ0n) is 13.0. The minimum atomic E-state index is -5.74. The van der Waals surface area contributed by atoms with E-state index in [0.717, 1.165) is 10.8 Å². The van der Waals surface area contributed by atoms with Crippen molar-refractivity contribution in [3.8, 4) is 0 Å². The van der Waals surface area contributed by atoms with E-state index in [4.69, 9.17) is 31.6 Å². The number of aromatic nitrogens is 2. The van der Waals surface area contributed by atoms with Crippen LogP contribution in [0.25, 0.3) is 0 Å². The van der Waals surface area contributed by atoms with Crippen molar-refractivity contribution >= 4 is 47.9 Å². The predicted octanol–water partition coefficient (Wildman–Crippen LogP) is 2.34. The molecule has 2 heterocycles. The predicted molar refractivity (Wildman–Crippen MR) is 88.8 cm³/mol. The van der Waals surface area contributed by atoms with Gasteiger partial charge >= 0.3 is 23.5 Å². The third kappa shape index (κ3) is 6.64. The summed E-state index contributed by atoms with van der Waals surface area (Å²) in [6.45, 7) is 0. The molecule has 5 atom stereocenters. The minimum Gasteiger partial charge on any atom is -0.325 e. The van der Waals surface area contributed by atoms with Gasteiger partial charge in [0.15, 0.2) is 29.3 Å². The zero-order chi connectivity index (χ0) is 21.5. The van der Waals surface area contributed by atoms with Crippen LogP contribution in [0.3, 0.4) is 0 Å². The third-order valence-electron chi connectivity index (χ3n) is 2.88. The van der Waals surface area contributed by atoms with Gasteiger partial charge in [-0.2, -0.15) is 8.62 Å². The van der Waals surface area contributed by atoms with Gasteiger partial charge in [-0.05, 0) is 12.2 Å². The summed E-state index contributed by atoms with van der Waals surface area (Å²) in [5, 5.41) is 0. The highest BCUT2D eigenvalue weighted by molar-refractivity contribution is 7.72. The molecule has 0 spiro atoms. The average Bonchev–Trinajstić information content (AvgIpc) is 2.78. The highest BCUT2D eigenvalue weighted by atomic mass is 32.1. The van der Waals surface area contributed by atoms with Crippen molar-refractivity contribution in [1.82, 2.24) is 9.55 Å². The molecule has 2 rings (SSSR count). The first-order chi connectivity index (χ1) is 12.6. The summed E-state index contributed by atoms with van der Waals surface area (Å²) >= 11 is 9.47. The SMILES string of the molecule is O=P(O)(O)OP(=O)(O)OP(=O)(O)O[C@@H]1CC(F)[C@H](n2cc(F)c(=S)[nH]c2=S)O1. The fourth-order valence-electron chi connectivity index (χ4n) is 2.00. The minimum absolute atomic E-state index is 0.238. The molecule has 1 aliphatic heterocycles. The van der Waals surface area contributed by atoms with E-state index in [0.29, 0.717) is 0 Å². The lowest BCUT2D eigenvalue weighted by Gasteiger charge is -2.20. The quantitative estimate of drug-likeness (QED) is 0.268. The number of halogens is 2. The maximum absolute atomic E-state index is 14.2. The number of nitrogens with zero attached hydrogens (tertiary/aromatic N) is 1. The van der Waals surface area contributed by atoms with E-state index >= 15 is 0 Å². The van der Waals surface area contributed by atoms with Gasteiger partial charge < -0.3 is 29.3 Å². The molecule has 28 heavy (non-hydrogen) atoms. The topological polar surface area (TPSA) is 190 Å². The van der Waals surface area contributed by atoms with Gasteiger partial charge in [0.05, 0.1) is 0 Å². The molecule has 5 N–H and O–H groups in total. The molecule has 13 nitrogen and oxygen atoms in total. The van der Waals surface area contributed by atoms with Gasteiger partial charge in [0.2, 0.25) is 0 Å². The first-order valence-corrected chi connectivity index (χ1v) is 12.0. The van der Waals surface area contributed by atoms with Gasteiger partial charge in [0, 0.05) is 12.6 Å². The van der Waals surface area contributed by atoms with Crippen LogP contribution >= 0.6 is 47.9 Å². The molecule has 1 aromatic heterocycles. The van der Waals surface area contributed by atoms with Crippen LogP contribution in [-0.4, -0.2) is 41.6 Å². The molecule has 0 aromatic carbocycles. The van der Waals surface area contributed by atoms with Crippen molar-refractivity contribution < 1.29 is 59.9 Å². The van der Waals surface area contributed by atoms with Crippen LogP contribution in [0, 0.1) is 15.2 Å². The van der Waals surface area contributed by atoms with Crippen molar-refractivity contribution in [3.63, 3.8) is 0 Å². The fourth-order valence-corrected chi connectivity index (χ4v) is 5.57. The van der Waals surface area contributed by atoms with E-state index in [1.54, 1.807) is 0 Å². The Hall–Kier alpha value is -0.250. The van der Waals surface area contributed by atoms with Crippen LogP contribution in [-0.2, 0) is 31.6 Å². The average molecular weight is 506 g/mol. The highest BCUT2D eigenvalue weighted by Gasteiger charge is 2.45. The Morgan fingerprint density at radius 1 is 1.18 bits per heavy atom. The summed E-state index contributed by atoms with van der Waals surface area (Å²) in [6, 6.07) is 0. The van der Waals surface area contributed by atoms with Crippen LogP contribution in [0.4, 0.5) is 8.78 Å². The lowest BCUT2D eigenvalue weighted by atomic mass is 10.3. The number of H-pyrrole nitrogens is 1. The Kier molecular flexibility index (Phi) is 7.27. The second-order valence-corrected chi connectivity index (χ2v) is 10.2. The van der Waals surface area contributed by atoms with Crippen molar-refractivity contribution in [3.05, 3.63) is 21.4 Å². The number of phosphoric acid groups is 3. The Morgan fingerprint density at radius 3 is 2.36 bits per heavy atom. The normalized spacial score (nSPS) is 27.3. The lowest BCUT2D eigenvalue weighted by Crippen LogP contribution is -2.19. The van der Waals surface area contributed by atoms with Gasteiger partial charge in [-0.1, -0.05) is 12.2 Å². The smallest absolute Gasteiger partial charge is 0.325 e. The van der Waals surface area contributed by atoms with Gasteiger partial charge in [-0.3, -0.25) is 9.09 Å². The number of ether oxygens (including phenoxy) is 1. The Balaban J connectivity index is 2.12. The fraction of sp³-hybridized carbons (Fsp3) is 0.500. The molecule has 0 saturated carbocycles. The summed E-state index contributed by atoms with van der Waals surface area (Å²) < 4.78 is 77.9. The maximum Gasteiger partial charge on any atom is 0.490 e. The molecule has 1 aliphatic rings. The molecule has 1 aromatic rings. The molecule has 0 aliphatic carbocycles. The molecular formula is C8H11F2N2O11P3S2. The Labute approximate surface area is 164 Å². The molecule has 160 valence electrons. The monoisotopic (exact) mass is 506 g/mol. The standard InChI is InChI=1S/C8H11F2N2O11P3S2/c9-3-1-5(20-7(3)12-2-4(10)6(27)11-8(12)28)21-25(16,17)23-26(18,19)22-24(13,14)15/h2-3,5,7H,1H2,(H,16,17)(H,18,19)(H,11,27,28)(H2,13,14,15)/t3?,5-,7-/m1/s1. The van der Waals surface area contributed by atoms with Crippen molar-refractivity contribution in [2.24, 2.45) is 0 Å². The molecule has 0 amide bonds. The van der Waals surface area contributed by atoms with Gasteiger partial charge in [0.1, 0.15) is 4.64 Å². The number of hydrogen-bond acceptors (Lipinski definition) is 9. The number of phosphoric ester groups is 1. The number of alkyl halides is 1. The van der Waals surface area contributed by atoms with E-state index in [2.05, 4.69) is 30.3 Å². The summed E-state index contributed by atoms with van der Waals surface area (Å²) in [6.07, 6.45) is -5.39. The summed E-state index contributed by atoms with van der Waals surface area (Å²) in [7, 11) is -16.8. The number of nitrogens with one attached hydrogen (secondary N) is 1. The Bertz CT molecular complexity index is 1010. The molecule has 0 bridgehead atoms. The van der Waals surface area contributed by atoms with Crippen molar-refractivity contribution in [1.29, 1.82) is 0 Å². The lowest BCUT2D eigenvalue weighted by molar-refractivity contribution is -0.112. The molecule has 1 saturated heterocycles. The number of rotatable bonds is 7. The van der Waals surface area contributed by atoms with E-state index in [9.17, 15) is 27.4 Å². The van der Waals surface area contributed by atoms with Gasteiger partial charge in [0.25, 0.3) is 0 Å². The van der Waals surface area contributed by atoms with Crippen LogP contribution < -0.4 is 0 Å². The second kappa shape index (κ2) is 8.47. The first-order valence-electron chi connectivity index (χ1n) is 6.71. The van der Waals surface area contributed by atoms with E-state index in [-0.39, 0.29) is 9.41 Å². The van der Waals surface area contributed by atoms with E-state index in [1.165, 1.54) is 0 Å². The second-order valence-electron chi connectivity index (χ2n) is 5.05. The zero-order valence-corrected chi connectivity index (χ0v) is 17.3. The molecule has 1 fully saturated rings. The molecule has 0 radical (unpaired) electrons. The Morgan fingerprint density at radius 2 is 1.79 bits per heavy atom. The summed E-state index contributed by atoms with van der Waals surface area (Å²) in [5.74, 6) is -0.962. The van der Waals surface area contributed by atoms with Crippen molar-refractivity contribution in [2.75, 3.05) is 0 Å². The van der Waals surface area contributed by atoms with E-state index < -0.39 is 54.4 Å². The number of hydrogen-bond donors (Lipinski definition) is 5. The van der Waals surface area contributed by atoms with Crippen LogP contribution in [0.1, 0.15) is 12.6 Å².